The normalized spacial score (nSPS) is 9.18. The first-order valence-corrected chi connectivity index (χ1v) is 2.97. The number of hydrogen-bond acceptors (Lipinski definition) is 3. The lowest BCUT2D eigenvalue weighted by atomic mass is 10.4. The molecular weight excluding hydrogens is 146 g/mol. The molecule has 1 radical (unpaired) electrons. The Balaban J connectivity index is 2.84. The predicted octanol–water partition coefficient (Wildman–Crippen LogP) is 0.696. The number of carbonyl (C=O) groups excluding carboxylic acids is 2. The molecule has 0 saturated carbocycles. The molecule has 11 heavy (non-hydrogen) atoms. The van der Waals surface area contributed by atoms with Gasteiger partial charge in [-0.2, -0.15) is 0 Å². The molecule has 0 spiro atoms. The number of carbonyl (C=O) groups is 1. The maximum Gasteiger partial charge on any atom is 0.274 e. The molecule has 4 nitrogen and oxygen atoms in total. The van der Waals surface area contributed by atoms with Crippen LogP contribution in [-0.2, 0) is 9.59 Å². The van der Waals surface area contributed by atoms with Crippen LogP contribution in [0, 0.1) is 0 Å². The van der Waals surface area contributed by atoms with Gasteiger partial charge in [-0.15, -0.1) is 0 Å². The first-order chi connectivity index (χ1) is 5.24. The topological polar surface area (TPSA) is 59.3 Å². The maximum atomic E-state index is 10.5. The number of anilines is 1. The molecular formula is C7H6NO3. The van der Waals surface area contributed by atoms with Gasteiger partial charge >= 0.3 is 0 Å². The second kappa shape index (κ2) is 3.01. The summed E-state index contributed by atoms with van der Waals surface area (Å²) in [4.78, 5) is 20.6. The molecule has 1 amide bonds. The minimum Gasteiger partial charge on any atom is -0.458 e. The van der Waals surface area contributed by atoms with Gasteiger partial charge in [-0.3, -0.25) is 9.59 Å². The highest BCUT2D eigenvalue weighted by Gasteiger charge is 2.05. The highest BCUT2D eigenvalue weighted by atomic mass is 16.3. The van der Waals surface area contributed by atoms with Crippen molar-refractivity contribution in [3.8, 4) is 0 Å². The third kappa shape index (κ3) is 1.67. The van der Waals surface area contributed by atoms with Gasteiger partial charge in [-0.25, -0.2) is 0 Å². The zero-order valence-corrected chi connectivity index (χ0v) is 5.88. The number of amides is 1. The number of nitrogens with one attached hydrogen (secondary N) is 1. The molecule has 4 heteroatoms. The van der Waals surface area contributed by atoms with E-state index in [0.717, 1.165) is 0 Å². The van der Waals surface area contributed by atoms with Crippen LogP contribution >= 0.6 is 0 Å². The molecule has 1 heterocycles. The van der Waals surface area contributed by atoms with Gasteiger partial charge in [0.2, 0.25) is 11.7 Å². The second-order valence-corrected chi connectivity index (χ2v) is 1.95. The van der Waals surface area contributed by atoms with Crippen LogP contribution in [0.4, 0.5) is 5.69 Å². The van der Waals surface area contributed by atoms with Gasteiger partial charge in [0.15, 0.2) is 0 Å². The Bertz CT molecular complexity index is 277. The van der Waals surface area contributed by atoms with Crippen LogP contribution < -0.4 is 5.32 Å². The van der Waals surface area contributed by atoms with Crippen molar-refractivity contribution in [3.05, 3.63) is 18.1 Å². The van der Waals surface area contributed by atoms with Crippen molar-refractivity contribution in [1.82, 2.24) is 0 Å². The molecule has 0 unspecified atom stereocenters. The summed E-state index contributed by atoms with van der Waals surface area (Å²) in [7, 11) is 0. The molecule has 57 valence electrons. The smallest absolute Gasteiger partial charge is 0.274 e. The van der Waals surface area contributed by atoms with Crippen LogP contribution in [0.25, 0.3) is 0 Å². The number of rotatable bonds is 2. The van der Waals surface area contributed by atoms with E-state index in [4.69, 9.17) is 0 Å². The van der Waals surface area contributed by atoms with Crippen molar-refractivity contribution in [2.24, 2.45) is 0 Å². The third-order valence-corrected chi connectivity index (χ3v) is 1.07. The Morgan fingerprint density at radius 2 is 2.45 bits per heavy atom. The molecule has 0 aliphatic carbocycles. The second-order valence-electron chi connectivity index (χ2n) is 1.95. The molecule has 1 aromatic heterocycles. The minimum absolute atomic E-state index is 0.0141. The molecule has 0 saturated heterocycles. The summed E-state index contributed by atoms with van der Waals surface area (Å²) in [6.07, 6.45) is 2.86. The molecule has 1 aromatic rings. The zero-order valence-electron chi connectivity index (χ0n) is 5.88. The van der Waals surface area contributed by atoms with Crippen molar-refractivity contribution in [3.63, 3.8) is 0 Å². The predicted molar refractivity (Wildman–Crippen MR) is 37.8 cm³/mol. The van der Waals surface area contributed by atoms with Crippen molar-refractivity contribution >= 4 is 17.9 Å². The fraction of sp³-hybridized carbons (Fsp3) is 0.143. The molecule has 1 N–H and O–H groups in total. The lowest BCUT2D eigenvalue weighted by Gasteiger charge is -1.94. The van der Waals surface area contributed by atoms with E-state index >= 15 is 0 Å². The Kier molecular flexibility index (Phi) is 2.06. The summed E-state index contributed by atoms with van der Waals surface area (Å²) in [5, 5.41) is 2.41. The quantitative estimate of drug-likeness (QED) is 0.678. The molecule has 0 aromatic carbocycles. The minimum atomic E-state index is -0.247. The van der Waals surface area contributed by atoms with E-state index in [1.54, 1.807) is 6.29 Å². The van der Waals surface area contributed by atoms with Crippen LogP contribution in [0.1, 0.15) is 12.7 Å². The Morgan fingerprint density at radius 3 is 3.00 bits per heavy atom. The van der Waals surface area contributed by atoms with Crippen LogP contribution in [0.15, 0.2) is 16.7 Å². The first kappa shape index (κ1) is 7.53. The summed E-state index contributed by atoms with van der Waals surface area (Å²) < 4.78 is 4.68. The van der Waals surface area contributed by atoms with E-state index < -0.39 is 0 Å². The lowest BCUT2D eigenvalue weighted by Crippen LogP contribution is -2.06. The van der Waals surface area contributed by atoms with Crippen molar-refractivity contribution in [2.75, 3.05) is 5.32 Å². The number of hydrogen-bond donors (Lipinski definition) is 1. The van der Waals surface area contributed by atoms with E-state index in [0.29, 0.717) is 5.69 Å². The standard InChI is InChI=1S/C7H6NO3/c1-5(10)8-6-2-3-11-7(6)4-9/h2-3H,1H3,(H,8,10). The zero-order chi connectivity index (χ0) is 8.27. The van der Waals surface area contributed by atoms with E-state index in [2.05, 4.69) is 9.73 Å². The SMILES string of the molecule is CC(=O)Nc1ccoc1[C]=O. The van der Waals surface area contributed by atoms with E-state index in [1.807, 2.05) is 0 Å². The highest BCUT2D eigenvalue weighted by molar-refractivity contribution is 5.93. The lowest BCUT2D eigenvalue weighted by molar-refractivity contribution is -0.114. The van der Waals surface area contributed by atoms with Gasteiger partial charge < -0.3 is 9.73 Å². The van der Waals surface area contributed by atoms with Crippen molar-refractivity contribution < 1.29 is 14.0 Å². The van der Waals surface area contributed by atoms with E-state index in [1.165, 1.54) is 19.3 Å². The van der Waals surface area contributed by atoms with Crippen LogP contribution in [-0.4, -0.2) is 12.2 Å². The first-order valence-electron chi connectivity index (χ1n) is 2.97. The maximum absolute atomic E-state index is 10.5. The molecule has 0 fully saturated rings. The van der Waals surface area contributed by atoms with Crippen molar-refractivity contribution in [1.29, 1.82) is 0 Å². The van der Waals surface area contributed by atoms with Crippen LogP contribution in [0.3, 0.4) is 0 Å². The summed E-state index contributed by atoms with van der Waals surface area (Å²) in [6, 6.07) is 1.49. The Morgan fingerprint density at radius 1 is 1.73 bits per heavy atom. The van der Waals surface area contributed by atoms with Crippen molar-refractivity contribution in [2.45, 2.75) is 6.92 Å². The van der Waals surface area contributed by atoms with Gasteiger partial charge in [0.05, 0.1) is 12.0 Å². The van der Waals surface area contributed by atoms with Gasteiger partial charge in [-0.1, -0.05) is 0 Å². The molecule has 0 atom stereocenters. The molecule has 0 aliphatic rings. The van der Waals surface area contributed by atoms with E-state index in [-0.39, 0.29) is 11.7 Å². The fourth-order valence-corrected chi connectivity index (χ4v) is 0.676. The summed E-state index contributed by atoms with van der Waals surface area (Å²) >= 11 is 0. The van der Waals surface area contributed by atoms with Crippen LogP contribution in [0.2, 0.25) is 0 Å². The summed E-state index contributed by atoms with van der Waals surface area (Å²) in [5.41, 5.74) is 0.354. The highest BCUT2D eigenvalue weighted by Crippen LogP contribution is 2.13. The third-order valence-electron chi connectivity index (χ3n) is 1.07. The Labute approximate surface area is 63.2 Å². The van der Waals surface area contributed by atoms with Gasteiger partial charge in [0.25, 0.3) is 6.29 Å². The number of furan rings is 1. The van der Waals surface area contributed by atoms with Crippen LogP contribution in [0.5, 0.6) is 0 Å². The molecule has 1 rings (SSSR count). The Hall–Kier alpha value is -1.58. The average molecular weight is 152 g/mol. The summed E-state index contributed by atoms with van der Waals surface area (Å²) in [5.74, 6) is -0.233. The average Bonchev–Trinajstić information content (AvgIpc) is 2.34. The van der Waals surface area contributed by atoms with Gasteiger partial charge in [0.1, 0.15) is 0 Å². The van der Waals surface area contributed by atoms with Gasteiger partial charge in [-0.05, 0) is 0 Å². The van der Waals surface area contributed by atoms with Gasteiger partial charge in [0, 0.05) is 13.0 Å². The largest absolute Gasteiger partial charge is 0.458 e. The monoisotopic (exact) mass is 152 g/mol. The summed E-state index contributed by atoms with van der Waals surface area (Å²) in [6.45, 7) is 1.35. The fourth-order valence-electron chi connectivity index (χ4n) is 0.676. The molecule has 0 bridgehead atoms. The molecule has 0 aliphatic heterocycles. The van der Waals surface area contributed by atoms with E-state index in [9.17, 15) is 9.59 Å².